The van der Waals surface area contributed by atoms with Gasteiger partial charge in [-0.25, -0.2) is 4.98 Å². The van der Waals surface area contributed by atoms with E-state index in [1.54, 1.807) is 0 Å². The van der Waals surface area contributed by atoms with E-state index in [0.29, 0.717) is 13.2 Å². The molecule has 7 heteroatoms. The van der Waals surface area contributed by atoms with Crippen LogP contribution in [0.3, 0.4) is 0 Å². The molecule has 1 saturated heterocycles. The normalized spacial score (nSPS) is 19.5. The number of nitrogens with zero attached hydrogens (tertiary/aromatic N) is 4. The van der Waals surface area contributed by atoms with Crippen molar-refractivity contribution in [3.63, 3.8) is 0 Å². The van der Waals surface area contributed by atoms with Gasteiger partial charge in [-0.3, -0.25) is 9.69 Å². The van der Waals surface area contributed by atoms with Gasteiger partial charge in [0.15, 0.2) is 0 Å². The first kappa shape index (κ1) is 15.8. The molecule has 1 unspecified atom stereocenters. The van der Waals surface area contributed by atoms with Crippen molar-refractivity contribution in [1.29, 1.82) is 0 Å². The highest BCUT2D eigenvalue weighted by atomic mass is 16.5. The zero-order chi connectivity index (χ0) is 15.4. The minimum atomic E-state index is -0.0158. The number of nitrogens with one attached hydrogen (secondary N) is 1. The standard InChI is InChI=1S/C14H25N5O2/c1-11(20)15-8-13-10-19(5-6-21-13)9-12-7-16-14(17(2)3)18(12)4/h7,13H,5-6,8-10H2,1-4H3,(H,15,20). The Morgan fingerprint density at radius 1 is 1.57 bits per heavy atom. The summed E-state index contributed by atoms with van der Waals surface area (Å²) in [7, 11) is 6.02. The first-order valence-electron chi connectivity index (χ1n) is 7.23. The Hall–Kier alpha value is -1.60. The summed E-state index contributed by atoms with van der Waals surface area (Å²) >= 11 is 0. The third-order valence-corrected chi connectivity index (χ3v) is 3.65. The highest BCUT2D eigenvalue weighted by molar-refractivity contribution is 5.72. The molecule has 2 rings (SSSR count). The van der Waals surface area contributed by atoms with Gasteiger partial charge in [-0.15, -0.1) is 0 Å². The fourth-order valence-corrected chi connectivity index (χ4v) is 2.53. The number of anilines is 1. The molecule has 1 N–H and O–H groups in total. The van der Waals surface area contributed by atoms with Gasteiger partial charge in [0.1, 0.15) is 0 Å². The monoisotopic (exact) mass is 295 g/mol. The number of ether oxygens (including phenoxy) is 1. The lowest BCUT2D eigenvalue weighted by atomic mass is 10.2. The molecule has 2 heterocycles. The zero-order valence-corrected chi connectivity index (χ0v) is 13.3. The van der Waals surface area contributed by atoms with Crippen molar-refractivity contribution in [1.82, 2.24) is 19.8 Å². The van der Waals surface area contributed by atoms with Crippen LogP contribution in [-0.4, -0.2) is 66.8 Å². The summed E-state index contributed by atoms with van der Waals surface area (Å²) in [6.45, 7) is 5.36. The van der Waals surface area contributed by atoms with Crippen molar-refractivity contribution in [2.45, 2.75) is 19.6 Å². The summed E-state index contributed by atoms with van der Waals surface area (Å²) in [6, 6.07) is 0. The van der Waals surface area contributed by atoms with E-state index in [1.807, 2.05) is 32.2 Å². The highest BCUT2D eigenvalue weighted by Gasteiger charge is 2.22. The Kier molecular flexibility index (Phi) is 5.19. The van der Waals surface area contributed by atoms with Crippen LogP contribution in [-0.2, 0) is 23.1 Å². The predicted octanol–water partition coefficient (Wildman–Crippen LogP) is -0.177. The van der Waals surface area contributed by atoms with Gasteiger partial charge in [0.05, 0.1) is 24.6 Å². The van der Waals surface area contributed by atoms with E-state index < -0.39 is 0 Å². The molecule has 0 aromatic carbocycles. The van der Waals surface area contributed by atoms with Crippen molar-refractivity contribution >= 4 is 11.9 Å². The number of hydrogen-bond donors (Lipinski definition) is 1. The first-order valence-corrected chi connectivity index (χ1v) is 7.23. The SMILES string of the molecule is CC(=O)NCC1CN(Cc2cnc(N(C)C)n2C)CCO1. The van der Waals surface area contributed by atoms with Crippen LogP contribution in [0.25, 0.3) is 0 Å². The second kappa shape index (κ2) is 6.91. The molecule has 0 bridgehead atoms. The van der Waals surface area contributed by atoms with E-state index in [2.05, 4.69) is 19.8 Å². The molecule has 7 nitrogen and oxygen atoms in total. The summed E-state index contributed by atoms with van der Waals surface area (Å²) in [5.74, 6) is 0.936. The lowest BCUT2D eigenvalue weighted by Gasteiger charge is -2.32. The fourth-order valence-electron chi connectivity index (χ4n) is 2.53. The number of amides is 1. The van der Waals surface area contributed by atoms with Gasteiger partial charge >= 0.3 is 0 Å². The van der Waals surface area contributed by atoms with Crippen molar-refractivity contribution in [3.05, 3.63) is 11.9 Å². The summed E-state index contributed by atoms with van der Waals surface area (Å²) < 4.78 is 7.79. The third kappa shape index (κ3) is 4.18. The van der Waals surface area contributed by atoms with Gasteiger partial charge in [0, 0.05) is 54.2 Å². The van der Waals surface area contributed by atoms with E-state index in [0.717, 1.165) is 25.6 Å². The number of imidazole rings is 1. The predicted molar refractivity (Wildman–Crippen MR) is 81.2 cm³/mol. The maximum Gasteiger partial charge on any atom is 0.216 e. The third-order valence-electron chi connectivity index (χ3n) is 3.65. The molecule has 118 valence electrons. The molecule has 1 aliphatic heterocycles. The molecular formula is C14H25N5O2. The number of carbonyl (C=O) groups is 1. The molecular weight excluding hydrogens is 270 g/mol. The average molecular weight is 295 g/mol. The minimum Gasteiger partial charge on any atom is -0.374 e. The second-order valence-electron chi connectivity index (χ2n) is 5.67. The molecule has 0 aliphatic carbocycles. The molecule has 1 amide bonds. The quantitative estimate of drug-likeness (QED) is 0.817. The van der Waals surface area contributed by atoms with E-state index in [1.165, 1.54) is 12.6 Å². The second-order valence-corrected chi connectivity index (χ2v) is 5.67. The highest BCUT2D eigenvalue weighted by Crippen LogP contribution is 2.15. The Bertz CT molecular complexity index is 486. The van der Waals surface area contributed by atoms with Crippen LogP contribution in [0.4, 0.5) is 5.95 Å². The number of aromatic nitrogens is 2. The van der Waals surface area contributed by atoms with E-state index in [4.69, 9.17) is 4.74 Å². The van der Waals surface area contributed by atoms with E-state index >= 15 is 0 Å². The summed E-state index contributed by atoms with van der Waals surface area (Å²) in [4.78, 5) is 19.7. The summed E-state index contributed by atoms with van der Waals surface area (Å²) in [6.07, 6.45) is 1.98. The van der Waals surface area contributed by atoms with Crippen molar-refractivity contribution in [3.8, 4) is 0 Å². The Balaban J connectivity index is 1.92. The van der Waals surface area contributed by atoms with Gasteiger partial charge in [0.2, 0.25) is 11.9 Å². The minimum absolute atomic E-state index is 0.0158. The molecule has 1 atom stereocenters. The van der Waals surface area contributed by atoms with Gasteiger partial charge < -0.3 is 19.5 Å². The van der Waals surface area contributed by atoms with Crippen LogP contribution in [0.2, 0.25) is 0 Å². The van der Waals surface area contributed by atoms with E-state index in [-0.39, 0.29) is 12.0 Å². The number of rotatable bonds is 5. The molecule has 1 aromatic heterocycles. The molecule has 1 fully saturated rings. The van der Waals surface area contributed by atoms with Crippen LogP contribution >= 0.6 is 0 Å². The number of carbonyl (C=O) groups excluding carboxylic acids is 1. The molecule has 0 saturated carbocycles. The van der Waals surface area contributed by atoms with Crippen molar-refractivity contribution < 1.29 is 9.53 Å². The molecule has 0 spiro atoms. The molecule has 0 radical (unpaired) electrons. The largest absolute Gasteiger partial charge is 0.374 e. The topological polar surface area (TPSA) is 62.6 Å². The smallest absolute Gasteiger partial charge is 0.216 e. The number of hydrogen-bond acceptors (Lipinski definition) is 5. The Morgan fingerprint density at radius 2 is 2.33 bits per heavy atom. The Morgan fingerprint density at radius 3 is 2.95 bits per heavy atom. The van der Waals surface area contributed by atoms with Crippen LogP contribution in [0.15, 0.2) is 6.20 Å². The van der Waals surface area contributed by atoms with Crippen molar-refractivity contribution in [2.24, 2.45) is 7.05 Å². The lowest BCUT2D eigenvalue weighted by molar-refractivity contribution is -0.120. The maximum atomic E-state index is 11.0. The summed E-state index contributed by atoms with van der Waals surface area (Å²) in [5, 5.41) is 2.82. The summed E-state index contributed by atoms with van der Waals surface area (Å²) in [5.41, 5.74) is 1.18. The zero-order valence-electron chi connectivity index (χ0n) is 13.3. The van der Waals surface area contributed by atoms with Gasteiger partial charge in [-0.2, -0.15) is 0 Å². The van der Waals surface area contributed by atoms with Gasteiger partial charge in [-0.1, -0.05) is 0 Å². The van der Waals surface area contributed by atoms with Crippen LogP contribution in [0, 0.1) is 0 Å². The van der Waals surface area contributed by atoms with Crippen molar-refractivity contribution in [2.75, 3.05) is 45.2 Å². The molecule has 1 aliphatic rings. The fraction of sp³-hybridized carbons (Fsp3) is 0.714. The average Bonchev–Trinajstić information content (AvgIpc) is 2.78. The lowest BCUT2D eigenvalue weighted by Crippen LogP contribution is -2.47. The number of morpholine rings is 1. The van der Waals surface area contributed by atoms with Crippen LogP contribution in [0.1, 0.15) is 12.6 Å². The Labute approximate surface area is 125 Å². The van der Waals surface area contributed by atoms with Crippen LogP contribution in [0.5, 0.6) is 0 Å². The molecule has 21 heavy (non-hydrogen) atoms. The van der Waals surface area contributed by atoms with Gasteiger partial charge in [0.25, 0.3) is 0 Å². The molecule has 1 aromatic rings. The van der Waals surface area contributed by atoms with E-state index in [9.17, 15) is 4.79 Å². The first-order chi connectivity index (χ1) is 9.97. The van der Waals surface area contributed by atoms with Crippen LogP contribution < -0.4 is 10.2 Å². The van der Waals surface area contributed by atoms with Gasteiger partial charge in [-0.05, 0) is 0 Å². The maximum absolute atomic E-state index is 11.0.